The van der Waals surface area contributed by atoms with Gasteiger partial charge < -0.3 is 18.3 Å². The molecule has 0 atom stereocenters. The summed E-state index contributed by atoms with van der Waals surface area (Å²) in [7, 11) is 0. The Morgan fingerprint density at radius 2 is 0.880 bits per heavy atom. The van der Waals surface area contributed by atoms with Crippen molar-refractivity contribution in [1.82, 2.24) is 18.3 Å². The maximum absolute atomic E-state index is 9.88. The van der Waals surface area contributed by atoms with E-state index in [2.05, 4.69) is 248 Å². The number of fused-ring (bicyclic) bond motifs is 14. The number of hydrogen-bond donors (Lipinski definition) is 0. The molecule has 0 saturated carbocycles. The minimum absolute atomic E-state index is 0.549. The topological polar surface area (TPSA) is 47.9 Å². The van der Waals surface area contributed by atoms with E-state index in [0.29, 0.717) is 11.3 Å². The van der Waals surface area contributed by atoms with E-state index in [9.17, 15) is 5.26 Å². The molecule has 4 heterocycles. The molecule has 75 heavy (non-hydrogen) atoms. The minimum Gasteiger partial charge on any atom is -0.309 e. The van der Waals surface area contributed by atoms with Crippen LogP contribution < -0.4 is 0 Å². The van der Waals surface area contributed by atoms with Crippen LogP contribution in [0.1, 0.15) is 11.1 Å². The highest BCUT2D eigenvalue weighted by molar-refractivity contribution is 6.28. The fourth-order valence-corrected chi connectivity index (χ4v) is 12.4. The molecule has 348 valence electrons. The maximum atomic E-state index is 9.88. The highest BCUT2D eigenvalue weighted by atomic mass is 15.0. The number of benzene rings is 11. The van der Waals surface area contributed by atoms with Crippen molar-refractivity contribution in [2.45, 2.75) is 6.92 Å². The second kappa shape index (κ2) is 16.3. The highest BCUT2D eigenvalue weighted by Crippen LogP contribution is 2.47. The zero-order valence-corrected chi connectivity index (χ0v) is 40.7. The van der Waals surface area contributed by atoms with Gasteiger partial charge in [0.15, 0.2) is 5.69 Å². The first-order valence-electron chi connectivity index (χ1n) is 25.3. The summed E-state index contributed by atoms with van der Waals surface area (Å²) in [6.45, 7) is 10.9. The molecule has 0 aliphatic carbocycles. The van der Waals surface area contributed by atoms with Crippen LogP contribution in [0, 0.1) is 24.8 Å². The van der Waals surface area contributed by atoms with Crippen LogP contribution >= 0.6 is 0 Å². The molecule has 6 nitrogen and oxygen atoms in total. The molecule has 11 aromatic carbocycles. The van der Waals surface area contributed by atoms with Gasteiger partial charge in [-0.2, -0.15) is 5.26 Å². The van der Waals surface area contributed by atoms with E-state index in [-0.39, 0.29) is 0 Å². The third kappa shape index (κ3) is 6.12. The summed E-state index contributed by atoms with van der Waals surface area (Å²) < 4.78 is 9.62. The summed E-state index contributed by atoms with van der Waals surface area (Å²) in [5.74, 6) is 0. The second-order valence-corrected chi connectivity index (χ2v) is 19.5. The van der Waals surface area contributed by atoms with Gasteiger partial charge in [0.2, 0.25) is 0 Å². The van der Waals surface area contributed by atoms with Gasteiger partial charge in [0.05, 0.1) is 68.0 Å². The Bertz CT molecular complexity index is 4970. The SMILES string of the molecule is [C-]#[N+]c1ccc(-n2c3ccccc3c3c2ccc2c4ccccc4n(-c4ccccc4)c23)cc1-c1cc(-c2ccc(C#N)cc2C)ccc1-n1c2ccccc2c2c1ccc1c3ccccc3n(-c3ccccc3)c12. The van der Waals surface area contributed by atoms with Crippen LogP contribution in [-0.2, 0) is 0 Å². The normalized spacial score (nSPS) is 11.8. The summed E-state index contributed by atoms with van der Waals surface area (Å²) in [5.41, 5.74) is 18.9. The molecule has 0 amide bonds. The maximum Gasteiger partial charge on any atom is 0.195 e. The molecular formula is C69H42N6. The van der Waals surface area contributed by atoms with Crippen molar-refractivity contribution in [3.8, 4) is 51.1 Å². The number of nitrogens with zero attached hydrogens (tertiary/aromatic N) is 6. The average molecular weight is 955 g/mol. The number of aryl methyl sites for hydroxylation is 1. The van der Waals surface area contributed by atoms with Gasteiger partial charge in [-0.15, -0.1) is 0 Å². The van der Waals surface area contributed by atoms with Crippen molar-refractivity contribution in [3.05, 3.63) is 259 Å². The summed E-state index contributed by atoms with van der Waals surface area (Å²) >= 11 is 0. The molecule has 0 bridgehead atoms. The van der Waals surface area contributed by atoms with E-state index in [0.717, 1.165) is 111 Å². The molecule has 0 N–H and O–H groups in total. The molecule has 0 aliphatic heterocycles. The average Bonchev–Trinajstić information content (AvgIpc) is 4.23. The molecule has 0 fully saturated rings. The fourth-order valence-electron chi connectivity index (χ4n) is 12.4. The lowest BCUT2D eigenvalue weighted by Gasteiger charge is -2.19. The number of para-hydroxylation sites is 6. The smallest absolute Gasteiger partial charge is 0.195 e. The first kappa shape index (κ1) is 42.3. The molecule has 0 aliphatic rings. The summed E-state index contributed by atoms with van der Waals surface area (Å²) in [6.07, 6.45) is 0. The lowest BCUT2D eigenvalue weighted by atomic mass is 9.93. The van der Waals surface area contributed by atoms with Crippen LogP contribution in [-0.4, -0.2) is 18.3 Å². The molecule has 0 unspecified atom stereocenters. The van der Waals surface area contributed by atoms with E-state index >= 15 is 0 Å². The number of nitriles is 1. The van der Waals surface area contributed by atoms with Gasteiger partial charge in [-0.1, -0.05) is 140 Å². The van der Waals surface area contributed by atoms with Crippen LogP contribution in [0.5, 0.6) is 0 Å². The monoisotopic (exact) mass is 954 g/mol. The third-order valence-corrected chi connectivity index (χ3v) is 15.5. The summed E-state index contributed by atoms with van der Waals surface area (Å²) in [6, 6.07) is 86.5. The van der Waals surface area contributed by atoms with Crippen molar-refractivity contribution in [2.75, 3.05) is 0 Å². The zero-order chi connectivity index (χ0) is 49.9. The Morgan fingerprint density at radius 1 is 0.373 bits per heavy atom. The predicted octanol–water partition coefficient (Wildman–Crippen LogP) is 18.1. The third-order valence-electron chi connectivity index (χ3n) is 15.5. The van der Waals surface area contributed by atoms with Gasteiger partial charge in [-0.05, 0) is 132 Å². The van der Waals surface area contributed by atoms with E-state index in [4.69, 9.17) is 6.57 Å². The van der Waals surface area contributed by atoms with Crippen molar-refractivity contribution >= 4 is 92.9 Å². The summed E-state index contributed by atoms with van der Waals surface area (Å²) in [5, 5.41) is 19.3. The first-order chi connectivity index (χ1) is 37.1. The Labute approximate surface area is 431 Å². The van der Waals surface area contributed by atoms with Gasteiger partial charge in [0.1, 0.15) is 0 Å². The van der Waals surface area contributed by atoms with Crippen LogP contribution in [0.25, 0.3) is 137 Å². The van der Waals surface area contributed by atoms with E-state index in [1.807, 2.05) is 24.3 Å². The van der Waals surface area contributed by atoms with Crippen molar-refractivity contribution in [2.24, 2.45) is 0 Å². The zero-order valence-electron chi connectivity index (χ0n) is 40.7. The molecule has 0 spiro atoms. The van der Waals surface area contributed by atoms with Gasteiger partial charge in [0, 0.05) is 60.2 Å². The van der Waals surface area contributed by atoms with Crippen molar-refractivity contribution in [3.63, 3.8) is 0 Å². The quantitative estimate of drug-likeness (QED) is 0.153. The largest absolute Gasteiger partial charge is 0.309 e. The van der Waals surface area contributed by atoms with Gasteiger partial charge in [-0.3, -0.25) is 0 Å². The van der Waals surface area contributed by atoms with E-state index in [1.165, 1.54) is 26.9 Å². The molecule has 4 aromatic heterocycles. The van der Waals surface area contributed by atoms with Crippen LogP contribution in [0.2, 0.25) is 0 Å². The molecule has 0 radical (unpaired) electrons. The Balaban J connectivity index is 1.04. The first-order valence-corrected chi connectivity index (χ1v) is 25.3. The summed E-state index contributed by atoms with van der Waals surface area (Å²) in [4.78, 5) is 4.29. The molecule has 15 aromatic rings. The molecular weight excluding hydrogens is 913 g/mol. The lowest BCUT2D eigenvalue weighted by Crippen LogP contribution is -2.00. The fraction of sp³-hybridized carbons (Fsp3) is 0.0145. The van der Waals surface area contributed by atoms with Crippen LogP contribution in [0.15, 0.2) is 237 Å². The number of rotatable bonds is 6. The Morgan fingerprint density at radius 3 is 1.43 bits per heavy atom. The second-order valence-electron chi connectivity index (χ2n) is 19.5. The Hall–Kier alpha value is -10.4. The molecule has 0 saturated heterocycles. The highest BCUT2D eigenvalue weighted by Gasteiger charge is 2.25. The van der Waals surface area contributed by atoms with Gasteiger partial charge >= 0.3 is 0 Å². The van der Waals surface area contributed by atoms with Gasteiger partial charge in [-0.25, -0.2) is 4.85 Å². The number of hydrogen-bond acceptors (Lipinski definition) is 1. The van der Waals surface area contributed by atoms with Gasteiger partial charge in [0.25, 0.3) is 0 Å². The van der Waals surface area contributed by atoms with Crippen molar-refractivity contribution in [1.29, 1.82) is 5.26 Å². The number of aromatic nitrogens is 4. The standard InChI is InChI=1S/C69H42N6/c1-43-39-44(42-70)29-32-49(43)45-30-36-63(75-62-28-16-12-24-55(62)67-65(75)38-34-53-51-22-10-14-26-60(51)74(69(53)67)47-19-7-4-8-20-47)57(40-45)56-41-48(31-35-58(56)71-2)72-61-27-15-11-23-54(61)66-64(72)37-33-52-50-21-9-13-25-59(50)73(68(52)66)46-17-5-3-6-18-46/h3-41H,1H3. The van der Waals surface area contributed by atoms with E-state index < -0.39 is 0 Å². The van der Waals surface area contributed by atoms with E-state index in [1.54, 1.807) is 0 Å². The predicted molar refractivity (Wildman–Crippen MR) is 310 cm³/mol. The Kier molecular flexibility index (Phi) is 9.20. The van der Waals surface area contributed by atoms with Crippen molar-refractivity contribution < 1.29 is 0 Å². The lowest BCUT2D eigenvalue weighted by molar-refractivity contribution is 1.17. The molecule has 15 rings (SSSR count). The van der Waals surface area contributed by atoms with Crippen LogP contribution in [0.3, 0.4) is 0 Å². The molecule has 6 heteroatoms. The minimum atomic E-state index is 0.549. The van der Waals surface area contributed by atoms with Crippen LogP contribution in [0.4, 0.5) is 5.69 Å².